The number of amides is 2. The van der Waals surface area contributed by atoms with Gasteiger partial charge >= 0.3 is 11.8 Å². The number of anilines is 1. The van der Waals surface area contributed by atoms with E-state index in [-0.39, 0.29) is 6.04 Å². The van der Waals surface area contributed by atoms with E-state index in [9.17, 15) is 9.59 Å². The molecule has 0 saturated carbocycles. The summed E-state index contributed by atoms with van der Waals surface area (Å²) in [6, 6.07) is 9.20. The van der Waals surface area contributed by atoms with E-state index in [0.717, 1.165) is 24.8 Å². The molecule has 1 aliphatic rings. The Kier molecular flexibility index (Phi) is 4.37. The van der Waals surface area contributed by atoms with Gasteiger partial charge in [-0.05, 0) is 61.1 Å². The number of carbonyl (C=O) groups is 2. The molecular formula is C18H19N3O2. The number of nitrogens with zero attached hydrogens (tertiary/aromatic N) is 1. The fourth-order valence-corrected chi connectivity index (χ4v) is 2.82. The lowest BCUT2D eigenvalue weighted by Crippen LogP contribution is -2.36. The molecule has 3 rings (SSSR count). The highest BCUT2D eigenvalue weighted by Crippen LogP contribution is 2.24. The molecule has 0 spiro atoms. The van der Waals surface area contributed by atoms with Crippen molar-refractivity contribution in [2.24, 2.45) is 0 Å². The van der Waals surface area contributed by atoms with Crippen LogP contribution in [0.15, 0.2) is 42.7 Å². The van der Waals surface area contributed by atoms with Crippen molar-refractivity contribution in [3.8, 4) is 0 Å². The summed E-state index contributed by atoms with van der Waals surface area (Å²) in [4.78, 5) is 28.1. The fraction of sp³-hybridized carbons (Fsp3) is 0.278. The van der Waals surface area contributed by atoms with Crippen LogP contribution in [0, 0.1) is 0 Å². The maximum Gasteiger partial charge on any atom is 0.313 e. The van der Waals surface area contributed by atoms with Gasteiger partial charge < -0.3 is 10.6 Å². The number of pyridine rings is 1. The van der Waals surface area contributed by atoms with Crippen molar-refractivity contribution in [3.05, 3.63) is 59.4 Å². The van der Waals surface area contributed by atoms with Gasteiger partial charge in [0.25, 0.3) is 0 Å². The van der Waals surface area contributed by atoms with Gasteiger partial charge in [0.15, 0.2) is 0 Å². The highest BCUT2D eigenvalue weighted by molar-refractivity contribution is 6.39. The molecule has 0 radical (unpaired) electrons. The Bertz CT molecular complexity index is 728. The zero-order valence-corrected chi connectivity index (χ0v) is 13.0. The Labute approximate surface area is 135 Å². The number of rotatable bonds is 3. The Morgan fingerprint density at radius 1 is 1.13 bits per heavy atom. The van der Waals surface area contributed by atoms with E-state index in [1.807, 2.05) is 31.2 Å². The van der Waals surface area contributed by atoms with Gasteiger partial charge in [0, 0.05) is 18.1 Å². The minimum absolute atomic E-state index is 0.276. The van der Waals surface area contributed by atoms with Crippen molar-refractivity contribution < 1.29 is 9.59 Å². The van der Waals surface area contributed by atoms with Crippen LogP contribution in [0.1, 0.15) is 36.1 Å². The maximum atomic E-state index is 12.0. The number of fused-ring (bicyclic) bond motifs is 1. The summed E-state index contributed by atoms with van der Waals surface area (Å²) in [7, 11) is 0. The molecule has 1 atom stereocenters. The van der Waals surface area contributed by atoms with E-state index in [2.05, 4.69) is 15.6 Å². The quantitative estimate of drug-likeness (QED) is 0.855. The average Bonchev–Trinajstić information content (AvgIpc) is 3.03. The number of hydrogen-bond acceptors (Lipinski definition) is 3. The van der Waals surface area contributed by atoms with Gasteiger partial charge in [-0.2, -0.15) is 0 Å². The van der Waals surface area contributed by atoms with E-state index in [4.69, 9.17) is 0 Å². The molecule has 1 aliphatic carbocycles. The molecule has 2 aromatic rings. The largest absolute Gasteiger partial charge is 0.341 e. The van der Waals surface area contributed by atoms with Crippen LogP contribution in [-0.4, -0.2) is 16.8 Å². The molecule has 118 valence electrons. The summed E-state index contributed by atoms with van der Waals surface area (Å²) in [5.74, 6) is -1.31. The first-order chi connectivity index (χ1) is 11.1. The number of benzene rings is 1. The van der Waals surface area contributed by atoms with Crippen molar-refractivity contribution in [2.45, 2.75) is 32.2 Å². The van der Waals surface area contributed by atoms with Crippen molar-refractivity contribution in [1.29, 1.82) is 0 Å². The van der Waals surface area contributed by atoms with E-state index >= 15 is 0 Å². The first-order valence-corrected chi connectivity index (χ1v) is 7.77. The third-order valence-electron chi connectivity index (χ3n) is 4.09. The highest BCUT2D eigenvalue weighted by atomic mass is 16.2. The third kappa shape index (κ3) is 3.56. The van der Waals surface area contributed by atoms with Gasteiger partial charge in [-0.3, -0.25) is 14.6 Å². The standard InChI is InChI=1S/C18H19N3O2/c1-12(15-6-3-9-19-11-15)20-17(22)18(23)21-16-8-7-13-4-2-5-14(13)10-16/h3,6-12H,2,4-5H2,1H3,(H,20,22)(H,21,23)/t12-/m0/s1. The van der Waals surface area contributed by atoms with Crippen LogP contribution in [0.4, 0.5) is 5.69 Å². The van der Waals surface area contributed by atoms with Crippen molar-refractivity contribution in [3.63, 3.8) is 0 Å². The normalized spacial score (nSPS) is 14.0. The van der Waals surface area contributed by atoms with Gasteiger partial charge in [-0.1, -0.05) is 12.1 Å². The van der Waals surface area contributed by atoms with Gasteiger partial charge in [0.05, 0.1) is 6.04 Å². The Hall–Kier alpha value is -2.69. The fourth-order valence-electron chi connectivity index (χ4n) is 2.82. The molecule has 1 aromatic heterocycles. The van der Waals surface area contributed by atoms with Crippen LogP contribution in [-0.2, 0) is 22.4 Å². The second-order valence-corrected chi connectivity index (χ2v) is 5.77. The molecule has 2 amide bonds. The topological polar surface area (TPSA) is 71.1 Å². The number of hydrogen-bond donors (Lipinski definition) is 2. The third-order valence-corrected chi connectivity index (χ3v) is 4.09. The zero-order chi connectivity index (χ0) is 16.2. The lowest BCUT2D eigenvalue weighted by Gasteiger charge is -2.14. The molecule has 1 heterocycles. The summed E-state index contributed by atoms with van der Waals surface area (Å²) in [6.45, 7) is 1.82. The molecule has 23 heavy (non-hydrogen) atoms. The van der Waals surface area contributed by atoms with E-state index in [1.54, 1.807) is 18.5 Å². The molecule has 0 bridgehead atoms. The van der Waals surface area contributed by atoms with Gasteiger partial charge in [0.1, 0.15) is 0 Å². The summed E-state index contributed by atoms with van der Waals surface area (Å²) in [5, 5.41) is 5.34. The summed E-state index contributed by atoms with van der Waals surface area (Å²) >= 11 is 0. The van der Waals surface area contributed by atoms with Crippen LogP contribution in [0.2, 0.25) is 0 Å². The van der Waals surface area contributed by atoms with Crippen molar-refractivity contribution in [2.75, 3.05) is 5.32 Å². The van der Waals surface area contributed by atoms with Gasteiger partial charge in [-0.25, -0.2) is 0 Å². The van der Waals surface area contributed by atoms with Crippen molar-refractivity contribution in [1.82, 2.24) is 10.3 Å². The molecule has 1 aromatic carbocycles. The van der Waals surface area contributed by atoms with E-state index in [0.29, 0.717) is 5.69 Å². The van der Waals surface area contributed by atoms with E-state index in [1.165, 1.54) is 11.1 Å². The Balaban J connectivity index is 1.60. The van der Waals surface area contributed by atoms with Crippen LogP contribution in [0.5, 0.6) is 0 Å². The first-order valence-electron chi connectivity index (χ1n) is 7.77. The number of aromatic nitrogens is 1. The zero-order valence-electron chi connectivity index (χ0n) is 13.0. The monoisotopic (exact) mass is 309 g/mol. The SMILES string of the molecule is C[C@H](NC(=O)C(=O)Nc1ccc2c(c1)CCC2)c1cccnc1. The van der Waals surface area contributed by atoms with Gasteiger partial charge in [-0.15, -0.1) is 0 Å². The molecule has 0 aliphatic heterocycles. The molecule has 0 unspecified atom stereocenters. The minimum atomic E-state index is -0.654. The molecule has 5 nitrogen and oxygen atoms in total. The first kappa shape index (κ1) is 15.2. The van der Waals surface area contributed by atoms with E-state index < -0.39 is 11.8 Å². The van der Waals surface area contributed by atoms with Crippen molar-refractivity contribution >= 4 is 17.5 Å². The summed E-state index contributed by atoms with van der Waals surface area (Å²) in [6.07, 6.45) is 6.60. The van der Waals surface area contributed by atoms with Crippen LogP contribution < -0.4 is 10.6 Å². The predicted molar refractivity (Wildman–Crippen MR) is 87.9 cm³/mol. The molecular weight excluding hydrogens is 290 g/mol. The average molecular weight is 309 g/mol. The Morgan fingerprint density at radius 3 is 2.74 bits per heavy atom. The molecule has 0 saturated heterocycles. The van der Waals surface area contributed by atoms with Gasteiger partial charge in [0.2, 0.25) is 0 Å². The van der Waals surface area contributed by atoms with Crippen LogP contribution >= 0.6 is 0 Å². The molecule has 2 N–H and O–H groups in total. The number of carbonyl (C=O) groups excluding carboxylic acids is 2. The lowest BCUT2D eigenvalue weighted by atomic mass is 10.1. The smallest absolute Gasteiger partial charge is 0.313 e. The minimum Gasteiger partial charge on any atom is -0.341 e. The number of nitrogens with one attached hydrogen (secondary N) is 2. The maximum absolute atomic E-state index is 12.0. The second kappa shape index (κ2) is 6.60. The highest BCUT2D eigenvalue weighted by Gasteiger charge is 2.18. The number of aryl methyl sites for hydroxylation is 2. The van der Waals surface area contributed by atoms with Crippen LogP contribution in [0.3, 0.4) is 0 Å². The molecule has 5 heteroatoms. The lowest BCUT2D eigenvalue weighted by molar-refractivity contribution is -0.136. The summed E-state index contributed by atoms with van der Waals surface area (Å²) in [5.41, 5.74) is 4.11. The predicted octanol–water partition coefficient (Wildman–Crippen LogP) is 2.39. The van der Waals surface area contributed by atoms with Crippen LogP contribution in [0.25, 0.3) is 0 Å². The summed E-state index contributed by atoms with van der Waals surface area (Å²) < 4.78 is 0. The molecule has 0 fully saturated rings. The second-order valence-electron chi connectivity index (χ2n) is 5.77. The Morgan fingerprint density at radius 2 is 1.96 bits per heavy atom.